The van der Waals surface area contributed by atoms with E-state index in [0.29, 0.717) is 18.4 Å². The maximum Gasteiger partial charge on any atom is 0.115 e. The Bertz CT molecular complexity index is 758. The highest BCUT2D eigenvalue weighted by Gasteiger charge is 2.48. The lowest BCUT2D eigenvalue weighted by molar-refractivity contribution is 0.00983. The summed E-state index contributed by atoms with van der Waals surface area (Å²) < 4.78 is 0. The van der Waals surface area contributed by atoms with Crippen molar-refractivity contribution in [3.05, 3.63) is 65.7 Å². The van der Waals surface area contributed by atoms with Gasteiger partial charge < -0.3 is 15.3 Å². The predicted octanol–water partition coefficient (Wildman–Crippen LogP) is 2.92. The first-order valence-corrected chi connectivity index (χ1v) is 9.84. The van der Waals surface area contributed by atoms with Gasteiger partial charge in [-0.25, -0.2) is 0 Å². The van der Waals surface area contributed by atoms with Crippen LogP contribution < -0.4 is 0 Å². The molecule has 4 heteroatoms. The smallest absolute Gasteiger partial charge is 0.115 e. The summed E-state index contributed by atoms with van der Waals surface area (Å²) in [5, 5.41) is 31.5. The third kappa shape index (κ3) is 4.03. The Hall–Kier alpha value is -1.88. The van der Waals surface area contributed by atoms with Crippen molar-refractivity contribution in [2.45, 2.75) is 37.4 Å². The summed E-state index contributed by atoms with van der Waals surface area (Å²) in [4.78, 5) is 2.32. The van der Waals surface area contributed by atoms with E-state index < -0.39 is 11.2 Å². The first-order chi connectivity index (χ1) is 12.8. The quantitative estimate of drug-likeness (QED) is 0.760. The van der Waals surface area contributed by atoms with Crippen LogP contribution in [-0.2, 0) is 12.0 Å². The van der Waals surface area contributed by atoms with E-state index in [0.717, 1.165) is 37.9 Å². The van der Waals surface area contributed by atoms with Crippen LogP contribution in [0.2, 0.25) is 0 Å². The molecule has 144 valence electrons. The van der Waals surface area contributed by atoms with E-state index in [1.54, 1.807) is 24.3 Å². The van der Waals surface area contributed by atoms with E-state index in [4.69, 9.17) is 0 Å². The van der Waals surface area contributed by atoms with Gasteiger partial charge in [0.15, 0.2) is 0 Å². The second-order valence-corrected chi connectivity index (χ2v) is 8.83. The van der Waals surface area contributed by atoms with E-state index in [2.05, 4.69) is 17.0 Å². The highest BCUT2D eigenvalue weighted by Crippen LogP contribution is 2.45. The fourth-order valence-electron chi connectivity index (χ4n) is 5.15. The van der Waals surface area contributed by atoms with Gasteiger partial charge in [0.1, 0.15) is 5.75 Å². The van der Waals surface area contributed by atoms with Crippen molar-refractivity contribution in [2.75, 3.05) is 19.6 Å². The molecule has 4 atom stereocenters. The molecule has 4 nitrogen and oxygen atoms in total. The molecule has 2 fully saturated rings. The number of benzene rings is 2. The number of β-amino-alcohol motifs (C(OH)–C–C–N with tert-alkyl or cyclic N) is 1. The van der Waals surface area contributed by atoms with Crippen molar-refractivity contribution in [3.8, 4) is 5.75 Å². The molecule has 0 spiro atoms. The summed E-state index contributed by atoms with van der Waals surface area (Å²) in [7, 11) is 0. The molecule has 2 aliphatic rings. The number of likely N-dealkylation sites (tertiary alicyclic amines) is 1. The minimum Gasteiger partial charge on any atom is -0.508 e. The molecule has 2 aromatic carbocycles. The minimum absolute atomic E-state index is 0.211. The van der Waals surface area contributed by atoms with Crippen LogP contribution in [0.15, 0.2) is 54.6 Å². The molecule has 1 aliphatic carbocycles. The zero-order valence-corrected chi connectivity index (χ0v) is 15.9. The van der Waals surface area contributed by atoms with Gasteiger partial charge in [0.05, 0.1) is 11.2 Å². The number of hydrogen-bond acceptors (Lipinski definition) is 4. The number of aliphatic hydroxyl groups is 2. The molecule has 2 unspecified atom stereocenters. The molecule has 0 aromatic heterocycles. The largest absolute Gasteiger partial charge is 0.508 e. The van der Waals surface area contributed by atoms with E-state index in [9.17, 15) is 15.3 Å². The summed E-state index contributed by atoms with van der Waals surface area (Å²) in [5.74, 6) is 1.20. The van der Waals surface area contributed by atoms with Gasteiger partial charge in [-0.05, 0) is 54.9 Å². The van der Waals surface area contributed by atoms with Crippen LogP contribution in [0, 0.1) is 11.8 Å². The van der Waals surface area contributed by atoms with Gasteiger partial charge in [0, 0.05) is 26.1 Å². The van der Waals surface area contributed by atoms with Crippen LogP contribution in [-0.4, -0.2) is 45.5 Å². The number of rotatable bonds is 5. The third-order valence-corrected chi connectivity index (χ3v) is 6.33. The fourth-order valence-corrected chi connectivity index (χ4v) is 5.15. The van der Waals surface area contributed by atoms with Crippen molar-refractivity contribution in [2.24, 2.45) is 11.8 Å². The summed E-state index contributed by atoms with van der Waals surface area (Å²) in [5.41, 5.74) is 0.472. The molecule has 0 radical (unpaired) electrons. The summed E-state index contributed by atoms with van der Waals surface area (Å²) in [6.45, 7) is 4.26. The molecule has 0 bridgehead atoms. The SMILES string of the molecule is CC(O)(CN1C[C@@H]2CC(O)(Cc3ccccc3)C[C@@H]2C1)c1ccc(O)cc1. The average Bonchev–Trinajstić information content (AvgIpc) is 3.09. The standard InChI is InChI=1S/C23H29NO3/c1-22(26,20-7-9-21(25)10-8-20)16-24-14-18-12-23(27,13-19(18)15-24)11-17-5-3-2-4-6-17/h2-10,18-19,25-27H,11-16H2,1H3/t18-,19+,22?,23?. The topological polar surface area (TPSA) is 63.9 Å². The van der Waals surface area contributed by atoms with Crippen LogP contribution >= 0.6 is 0 Å². The number of hydrogen-bond donors (Lipinski definition) is 3. The molecular weight excluding hydrogens is 338 g/mol. The van der Waals surface area contributed by atoms with Gasteiger partial charge in [-0.1, -0.05) is 42.5 Å². The van der Waals surface area contributed by atoms with Gasteiger partial charge in [-0.15, -0.1) is 0 Å². The van der Waals surface area contributed by atoms with Crippen molar-refractivity contribution in [1.29, 1.82) is 0 Å². The molecule has 2 aromatic rings. The van der Waals surface area contributed by atoms with Crippen molar-refractivity contribution < 1.29 is 15.3 Å². The monoisotopic (exact) mass is 367 g/mol. The molecule has 4 rings (SSSR count). The molecular formula is C23H29NO3. The van der Waals surface area contributed by atoms with Crippen LogP contribution in [0.4, 0.5) is 0 Å². The molecule has 1 saturated carbocycles. The van der Waals surface area contributed by atoms with Crippen LogP contribution in [0.5, 0.6) is 5.75 Å². The fraction of sp³-hybridized carbons (Fsp3) is 0.478. The molecule has 1 saturated heterocycles. The maximum atomic E-state index is 11.1. The number of phenolic OH excluding ortho intramolecular Hbond substituents is 1. The zero-order chi connectivity index (χ0) is 19.1. The Labute approximate surface area is 161 Å². The molecule has 3 N–H and O–H groups in total. The Morgan fingerprint density at radius 3 is 2.19 bits per heavy atom. The third-order valence-electron chi connectivity index (χ3n) is 6.33. The summed E-state index contributed by atoms with van der Waals surface area (Å²) in [6.07, 6.45) is 2.40. The number of nitrogens with zero attached hydrogens (tertiary/aromatic N) is 1. The van der Waals surface area contributed by atoms with Gasteiger partial charge >= 0.3 is 0 Å². The van der Waals surface area contributed by atoms with Gasteiger partial charge in [0.25, 0.3) is 0 Å². The average molecular weight is 367 g/mol. The molecule has 0 amide bonds. The molecule has 1 heterocycles. The van der Waals surface area contributed by atoms with Gasteiger partial charge in [-0.2, -0.15) is 0 Å². The van der Waals surface area contributed by atoms with Crippen LogP contribution in [0.3, 0.4) is 0 Å². The lowest BCUT2D eigenvalue weighted by Crippen LogP contribution is -2.39. The second kappa shape index (κ2) is 6.93. The van der Waals surface area contributed by atoms with Gasteiger partial charge in [0.2, 0.25) is 0 Å². The summed E-state index contributed by atoms with van der Waals surface area (Å²) >= 11 is 0. The first kappa shape index (κ1) is 18.5. The van der Waals surface area contributed by atoms with E-state index >= 15 is 0 Å². The van der Waals surface area contributed by atoms with Crippen molar-refractivity contribution in [1.82, 2.24) is 4.90 Å². The highest BCUT2D eigenvalue weighted by atomic mass is 16.3. The predicted molar refractivity (Wildman–Crippen MR) is 105 cm³/mol. The Kier molecular flexibility index (Phi) is 4.75. The minimum atomic E-state index is -0.952. The van der Waals surface area contributed by atoms with Gasteiger partial charge in [-0.3, -0.25) is 4.90 Å². The van der Waals surface area contributed by atoms with Crippen molar-refractivity contribution in [3.63, 3.8) is 0 Å². The molecule has 27 heavy (non-hydrogen) atoms. The first-order valence-electron chi connectivity index (χ1n) is 9.84. The normalized spacial score (nSPS) is 30.2. The zero-order valence-electron chi connectivity index (χ0n) is 15.9. The number of phenols is 1. The highest BCUT2D eigenvalue weighted by molar-refractivity contribution is 5.30. The van der Waals surface area contributed by atoms with E-state index in [1.165, 1.54) is 5.56 Å². The second-order valence-electron chi connectivity index (χ2n) is 8.83. The van der Waals surface area contributed by atoms with E-state index in [1.807, 2.05) is 25.1 Å². The summed E-state index contributed by atoms with van der Waals surface area (Å²) in [6, 6.07) is 17.0. The Morgan fingerprint density at radius 1 is 1.00 bits per heavy atom. The number of aromatic hydroxyl groups is 1. The van der Waals surface area contributed by atoms with E-state index in [-0.39, 0.29) is 5.75 Å². The Morgan fingerprint density at radius 2 is 1.59 bits per heavy atom. The van der Waals surface area contributed by atoms with Crippen LogP contribution in [0.1, 0.15) is 30.9 Å². The Balaban J connectivity index is 1.36. The lowest BCUT2D eigenvalue weighted by atomic mass is 9.91. The molecule has 1 aliphatic heterocycles. The van der Waals surface area contributed by atoms with Crippen LogP contribution in [0.25, 0.3) is 0 Å². The van der Waals surface area contributed by atoms with Crippen molar-refractivity contribution >= 4 is 0 Å². The maximum absolute atomic E-state index is 11.1. The number of fused-ring (bicyclic) bond motifs is 1. The lowest BCUT2D eigenvalue weighted by Gasteiger charge is -2.31.